The van der Waals surface area contributed by atoms with E-state index in [-0.39, 0.29) is 5.78 Å². The summed E-state index contributed by atoms with van der Waals surface area (Å²) >= 11 is 3.03. The van der Waals surface area contributed by atoms with Gasteiger partial charge in [-0.25, -0.2) is 13.4 Å². The molecule has 0 amide bonds. The maximum absolute atomic E-state index is 12.6. The number of benzene rings is 2. The van der Waals surface area contributed by atoms with E-state index in [1.165, 1.54) is 22.3 Å². The van der Waals surface area contributed by atoms with E-state index in [0.29, 0.717) is 23.5 Å². The molecule has 0 atom stereocenters. The molecule has 5 nitrogen and oxygen atoms in total. The molecule has 140 valence electrons. The number of Topliss-reactive ketones (excluding diaryl/α,β-unsaturated/α-hetero) is 1. The second-order valence-electron chi connectivity index (χ2n) is 6.44. The average molecular weight is 419 g/mol. The number of hydrogen-bond donors (Lipinski definition) is 0. The molecule has 1 aromatic heterocycles. The SMILES string of the molecule is CS(=O)(=O)N1CCCc2cc(C(=O)CSc3nc4ccccc4s3)ccc21. The van der Waals surface area contributed by atoms with E-state index in [2.05, 4.69) is 4.98 Å². The van der Waals surface area contributed by atoms with Crippen LogP contribution in [0.25, 0.3) is 10.2 Å². The highest BCUT2D eigenvalue weighted by molar-refractivity contribution is 8.01. The topological polar surface area (TPSA) is 67.3 Å². The summed E-state index contributed by atoms with van der Waals surface area (Å²) in [6.45, 7) is 0.493. The van der Waals surface area contributed by atoms with Gasteiger partial charge in [-0.05, 0) is 48.7 Å². The highest BCUT2D eigenvalue weighted by atomic mass is 32.2. The van der Waals surface area contributed by atoms with Gasteiger partial charge in [0.05, 0.1) is 27.9 Å². The zero-order valence-corrected chi connectivity index (χ0v) is 17.2. The Kier molecular flexibility index (Phi) is 4.96. The van der Waals surface area contributed by atoms with E-state index in [1.54, 1.807) is 23.5 Å². The molecule has 1 aliphatic heterocycles. The van der Waals surface area contributed by atoms with E-state index < -0.39 is 10.0 Å². The van der Waals surface area contributed by atoms with Crippen molar-refractivity contribution < 1.29 is 13.2 Å². The van der Waals surface area contributed by atoms with Crippen LogP contribution in [0.3, 0.4) is 0 Å². The van der Waals surface area contributed by atoms with Crippen LogP contribution in [0.5, 0.6) is 0 Å². The number of aromatic nitrogens is 1. The predicted molar refractivity (Wildman–Crippen MR) is 112 cm³/mol. The molecule has 2 heterocycles. The van der Waals surface area contributed by atoms with E-state index in [0.717, 1.165) is 33.0 Å². The maximum atomic E-state index is 12.6. The number of thiazole rings is 1. The highest BCUT2D eigenvalue weighted by Gasteiger charge is 2.24. The van der Waals surface area contributed by atoms with Crippen molar-refractivity contribution in [2.24, 2.45) is 0 Å². The van der Waals surface area contributed by atoms with Gasteiger partial charge < -0.3 is 0 Å². The van der Waals surface area contributed by atoms with E-state index in [1.807, 2.05) is 30.3 Å². The number of carbonyl (C=O) groups is 1. The summed E-state index contributed by atoms with van der Waals surface area (Å²) in [5.41, 5.74) is 3.19. The number of sulfonamides is 1. The first-order valence-corrected chi connectivity index (χ1v) is 12.2. The van der Waals surface area contributed by atoms with Crippen molar-refractivity contribution in [2.75, 3.05) is 22.9 Å². The standard InChI is InChI=1S/C19H18N2O3S3/c1-27(23,24)21-10-4-5-13-11-14(8-9-16(13)21)17(22)12-25-19-20-15-6-2-3-7-18(15)26-19/h2-3,6-9,11H,4-5,10,12H2,1H3. The maximum Gasteiger partial charge on any atom is 0.232 e. The Bertz CT molecular complexity index is 1090. The molecule has 0 bridgehead atoms. The molecule has 4 rings (SSSR count). The lowest BCUT2D eigenvalue weighted by Gasteiger charge is -2.29. The molecule has 0 radical (unpaired) electrons. The minimum atomic E-state index is -3.29. The number of nitrogens with zero attached hydrogens (tertiary/aromatic N) is 2. The summed E-state index contributed by atoms with van der Waals surface area (Å²) in [5.74, 6) is 0.340. The Morgan fingerprint density at radius 2 is 2.07 bits per heavy atom. The summed E-state index contributed by atoms with van der Waals surface area (Å²) in [6.07, 6.45) is 2.77. The Morgan fingerprint density at radius 1 is 1.26 bits per heavy atom. The highest BCUT2D eigenvalue weighted by Crippen LogP contribution is 2.32. The molecule has 27 heavy (non-hydrogen) atoms. The van der Waals surface area contributed by atoms with Crippen molar-refractivity contribution in [1.82, 2.24) is 4.98 Å². The van der Waals surface area contributed by atoms with Crippen molar-refractivity contribution in [3.63, 3.8) is 0 Å². The number of aryl methyl sites for hydroxylation is 1. The third-order valence-corrected chi connectivity index (χ3v) is 7.84. The normalized spacial score (nSPS) is 14.3. The molecule has 0 fully saturated rings. The first-order valence-electron chi connectivity index (χ1n) is 8.54. The first-order chi connectivity index (χ1) is 12.9. The quantitative estimate of drug-likeness (QED) is 0.463. The van der Waals surface area contributed by atoms with Gasteiger partial charge in [-0.2, -0.15) is 0 Å². The molecule has 8 heteroatoms. The fourth-order valence-electron chi connectivity index (χ4n) is 3.20. The second kappa shape index (κ2) is 7.26. The molecule has 1 aliphatic rings. The molecule has 3 aromatic rings. The van der Waals surface area contributed by atoms with E-state index >= 15 is 0 Å². The van der Waals surface area contributed by atoms with Crippen LogP contribution in [0.2, 0.25) is 0 Å². The van der Waals surface area contributed by atoms with Gasteiger partial charge in [-0.15, -0.1) is 11.3 Å². The fourth-order valence-corrected chi connectivity index (χ4v) is 6.16. The minimum Gasteiger partial charge on any atom is -0.293 e. The fraction of sp³-hybridized carbons (Fsp3) is 0.263. The summed E-state index contributed by atoms with van der Waals surface area (Å²) in [5, 5.41) is 0. The van der Waals surface area contributed by atoms with Crippen LogP contribution in [0, 0.1) is 0 Å². The number of hydrogen-bond acceptors (Lipinski definition) is 6. The van der Waals surface area contributed by atoms with Crippen LogP contribution in [-0.4, -0.2) is 37.7 Å². The number of carbonyl (C=O) groups excluding carboxylic acids is 1. The van der Waals surface area contributed by atoms with Crippen molar-refractivity contribution in [3.8, 4) is 0 Å². The monoisotopic (exact) mass is 418 g/mol. The van der Waals surface area contributed by atoms with Crippen molar-refractivity contribution in [3.05, 3.63) is 53.6 Å². The van der Waals surface area contributed by atoms with Gasteiger partial charge >= 0.3 is 0 Å². The van der Waals surface area contributed by atoms with Crippen LogP contribution in [0.1, 0.15) is 22.3 Å². The van der Waals surface area contributed by atoms with Gasteiger partial charge in [0.25, 0.3) is 0 Å². The second-order valence-corrected chi connectivity index (χ2v) is 10.6. The Balaban J connectivity index is 1.51. The predicted octanol–water partition coefficient (Wildman–Crippen LogP) is 3.98. The van der Waals surface area contributed by atoms with Gasteiger partial charge in [0.1, 0.15) is 0 Å². The smallest absolute Gasteiger partial charge is 0.232 e. The summed E-state index contributed by atoms with van der Waals surface area (Å²) in [7, 11) is -3.29. The Labute approximate surface area is 166 Å². The average Bonchev–Trinajstić information content (AvgIpc) is 3.07. The van der Waals surface area contributed by atoms with Crippen LogP contribution >= 0.6 is 23.1 Å². The first kappa shape index (κ1) is 18.5. The van der Waals surface area contributed by atoms with Gasteiger partial charge in [0.2, 0.25) is 10.0 Å². The Morgan fingerprint density at radius 3 is 2.85 bits per heavy atom. The lowest BCUT2D eigenvalue weighted by Crippen LogP contribution is -2.34. The van der Waals surface area contributed by atoms with Crippen molar-refractivity contribution in [1.29, 1.82) is 0 Å². The van der Waals surface area contributed by atoms with Crippen LogP contribution in [0.4, 0.5) is 5.69 Å². The third-order valence-electron chi connectivity index (χ3n) is 4.48. The summed E-state index contributed by atoms with van der Waals surface area (Å²) in [6, 6.07) is 13.2. The van der Waals surface area contributed by atoms with Crippen LogP contribution < -0.4 is 4.31 Å². The summed E-state index contributed by atoms with van der Waals surface area (Å²) < 4.78 is 27.3. The van der Waals surface area contributed by atoms with Crippen molar-refractivity contribution >= 4 is 54.8 Å². The lowest BCUT2D eigenvalue weighted by molar-refractivity contribution is 0.102. The molecule has 0 spiro atoms. The molecule has 0 aliphatic carbocycles. The van der Waals surface area contributed by atoms with E-state index in [9.17, 15) is 13.2 Å². The molecule has 0 unspecified atom stereocenters. The summed E-state index contributed by atoms with van der Waals surface area (Å²) in [4.78, 5) is 17.2. The molecule has 2 aromatic carbocycles. The van der Waals surface area contributed by atoms with Crippen LogP contribution in [0.15, 0.2) is 46.8 Å². The molecule has 0 saturated heterocycles. The number of para-hydroxylation sites is 1. The molecule has 0 N–H and O–H groups in total. The van der Waals surface area contributed by atoms with E-state index in [4.69, 9.17) is 0 Å². The molecular formula is C19H18N2O3S3. The minimum absolute atomic E-state index is 0.0264. The number of ketones is 1. The van der Waals surface area contributed by atoms with Gasteiger partial charge in [-0.1, -0.05) is 23.9 Å². The zero-order chi connectivity index (χ0) is 19.0. The largest absolute Gasteiger partial charge is 0.293 e. The number of thioether (sulfide) groups is 1. The number of fused-ring (bicyclic) bond motifs is 2. The van der Waals surface area contributed by atoms with Crippen LogP contribution in [-0.2, 0) is 16.4 Å². The van der Waals surface area contributed by atoms with Gasteiger partial charge in [0.15, 0.2) is 10.1 Å². The number of rotatable bonds is 5. The number of anilines is 1. The molecular weight excluding hydrogens is 400 g/mol. The lowest BCUT2D eigenvalue weighted by atomic mass is 9.99. The van der Waals surface area contributed by atoms with Gasteiger partial charge in [-0.3, -0.25) is 9.10 Å². The van der Waals surface area contributed by atoms with Crippen molar-refractivity contribution in [2.45, 2.75) is 17.2 Å². The third kappa shape index (κ3) is 3.88. The molecule has 0 saturated carbocycles. The zero-order valence-electron chi connectivity index (χ0n) is 14.7. The van der Waals surface area contributed by atoms with Gasteiger partial charge in [0, 0.05) is 12.1 Å². The Hall–Kier alpha value is -1.90.